The molecule has 0 radical (unpaired) electrons. The molecule has 0 spiro atoms. The summed E-state index contributed by atoms with van der Waals surface area (Å²) in [5.74, 6) is -1.15. The first-order valence-corrected chi connectivity index (χ1v) is 4.92. The SMILES string of the molecule is CCC(C)NC(=O)NC(CCO)C(=O)O. The highest BCUT2D eigenvalue weighted by Crippen LogP contribution is 1.93. The van der Waals surface area contributed by atoms with E-state index in [9.17, 15) is 9.59 Å². The number of rotatable bonds is 6. The third-order valence-electron chi connectivity index (χ3n) is 2.01. The summed E-state index contributed by atoms with van der Waals surface area (Å²) in [6.45, 7) is 3.45. The van der Waals surface area contributed by atoms with Crippen molar-refractivity contribution in [3.63, 3.8) is 0 Å². The van der Waals surface area contributed by atoms with Crippen molar-refractivity contribution in [3.05, 3.63) is 0 Å². The minimum Gasteiger partial charge on any atom is -0.480 e. The van der Waals surface area contributed by atoms with Gasteiger partial charge in [-0.25, -0.2) is 9.59 Å². The fourth-order valence-electron chi connectivity index (χ4n) is 0.912. The maximum atomic E-state index is 11.2. The Kier molecular flexibility index (Phi) is 6.44. The van der Waals surface area contributed by atoms with Crippen LogP contribution in [0.5, 0.6) is 0 Å². The first kappa shape index (κ1) is 13.7. The lowest BCUT2D eigenvalue weighted by molar-refractivity contribution is -0.139. The second-order valence-electron chi connectivity index (χ2n) is 3.33. The van der Waals surface area contributed by atoms with E-state index in [0.717, 1.165) is 6.42 Å². The average Bonchev–Trinajstić information content (AvgIpc) is 2.16. The highest BCUT2D eigenvalue weighted by molar-refractivity contribution is 5.82. The predicted octanol–water partition coefficient (Wildman–Crippen LogP) is -0.0803. The van der Waals surface area contributed by atoms with E-state index in [0.29, 0.717) is 0 Å². The quantitative estimate of drug-likeness (QED) is 0.501. The zero-order valence-electron chi connectivity index (χ0n) is 8.99. The molecule has 4 N–H and O–H groups in total. The van der Waals surface area contributed by atoms with Crippen LogP contribution in [0.25, 0.3) is 0 Å². The van der Waals surface area contributed by atoms with Crippen LogP contribution in [0, 0.1) is 0 Å². The predicted molar refractivity (Wildman–Crippen MR) is 54.5 cm³/mol. The van der Waals surface area contributed by atoms with Crippen molar-refractivity contribution >= 4 is 12.0 Å². The van der Waals surface area contributed by atoms with Gasteiger partial charge in [0.1, 0.15) is 6.04 Å². The lowest BCUT2D eigenvalue weighted by Crippen LogP contribution is -2.48. The second-order valence-corrected chi connectivity index (χ2v) is 3.33. The molecule has 0 fully saturated rings. The number of amides is 2. The van der Waals surface area contributed by atoms with Crippen LogP contribution in [0.2, 0.25) is 0 Å². The largest absolute Gasteiger partial charge is 0.480 e. The van der Waals surface area contributed by atoms with E-state index < -0.39 is 18.0 Å². The third kappa shape index (κ3) is 5.90. The van der Waals surface area contributed by atoms with Crippen LogP contribution < -0.4 is 10.6 Å². The number of aliphatic hydroxyl groups is 1. The van der Waals surface area contributed by atoms with Crippen molar-refractivity contribution in [2.75, 3.05) is 6.61 Å². The summed E-state index contributed by atoms with van der Waals surface area (Å²) in [5.41, 5.74) is 0. The van der Waals surface area contributed by atoms with Crippen LogP contribution in [0.15, 0.2) is 0 Å². The fourth-order valence-corrected chi connectivity index (χ4v) is 0.912. The van der Waals surface area contributed by atoms with Crippen molar-refractivity contribution in [3.8, 4) is 0 Å². The van der Waals surface area contributed by atoms with Crippen LogP contribution in [0.1, 0.15) is 26.7 Å². The third-order valence-corrected chi connectivity index (χ3v) is 2.01. The number of carbonyl (C=O) groups is 2. The maximum absolute atomic E-state index is 11.2. The number of urea groups is 1. The van der Waals surface area contributed by atoms with E-state index in [4.69, 9.17) is 10.2 Å². The molecule has 0 aliphatic carbocycles. The second kappa shape index (κ2) is 7.05. The molecule has 0 heterocycles. The smallest absolute Gasteiger partial charge is 0.326 e. The van der Waals surface area contributed by atoms with Gasteiger partial charge < -0.3 is 20.8 Å². The van der Waals surface area contributed by atoms with Gasteiger partial charge in [0.25, 0.3) is 0 Å². The van der Waals surface area contributed by atoms with Gasteiger partial charge >= 0.3 is 12.0 Å². The Hall–Kier alpha value is -1.30. The van der Waals surface area contributed by atoms with Gasteiger partial charge in [0.15, 0.2) is 0 Å². The number of carboxylic acids is 1. The monoisotopic (exact) mass is 218 g/mol. The Balaban J connectivity index is 4.05. The summed E-state index contributed by atoms with van der Waals surface area (Å²) in [6.07, 6.45) is 0.772. The molecule has 2 amide bonds. The Bertz CT molecular complexity index is 220. The van der Waals surface area contributed by atoms with Crippen molar-refractivity contribution in [1.29, 1.82) is 0 Å². The summed E-state index contributed by atoms with van der Waals surface area (Å²) in [4.78, 5) is 21.9. The van der Waals surface area contributed by atoms with Crippen molar-refractivity contribution in [2.24, 2.45) is 0 Å². The first-order chi connectivity index (χ1) is 7.01. The summed E-state index contributed by atoms with van der Waals surface area (Å²) in [7, 11) is 0. The normalized spacial score (nSPS) is 14.1. The minimum atomic E-state index is -1.15. The topological polar surface area (TPSA) is 98.7 Å². The molecule has 0 rings (SSSR count). The van der Waals surface area contributed by atoms with Gasteiger partial charge in [0.2, 0.25) is 0 Å². The molecule has 0 saturated carbocycles. The molecule has 0 bridgehead atoms. The summed E-state index contributed by atoms with van der Waals surface area (Å²) in [6, 6.07) is -1.57. The van der Waals surface area contributed by atoms with E-state index >= 15 is 0 Å². The van der Waals surface area contributed by atoms with Gasteiger partial charge in [0.05, 0.1) is 0 Å². The molecule has 0 aromatic heterocycles. The van der Waals surface area contributed by atoms with E-state index in [2.05, 4.69) is 10.6 Å². The van der Waals surface area contributed by atoms with Crippen molar-refractivity contribution < 1.29 is 19.8 Å². The Morgan fingerprint density at radius 2 is 1.93 bits per heavy atom. The van der Waals surface area contributed by atoms with Crippen LogP contribution >= 0.6 is 0 Å². The molecular weight excluding hydrogens is 200 g/mol. The molecule has 6 nitrogen and oxygen atoms in total. The molecule has 6 heteroatoms. The number of carbonyl (C=O) groups excluding carboxylic acids is 1. The molecule has 0 aromatic rings. The van der Waals surface area contributed by atoms with Gasteiger partial charge in [0, 0.05) is 19.1 Å². The minimum absolute atomic E-state index is 0.00323. The van der Waals surface area contributed by atoms with Crippen LogP contribution in [-0.2, 0) is 4.79 Å². The zero-order valence-corrected chi connectivity index (χ0v) is 8.99. The standard InChI is InChI=1S/C9H18N2O4/c1-3-6(2)10-9(15)11-7(4-5-12)8(13)14/h6-7,12H,3-5H2,1-2H3,(H,13,14)(H2,10,11,15). The number of aliphatic hydroxyl groups excluding tert-OH is 1. The number of nitrogens with one attached hydrogen (secondary N) is 2. The molecule has 0 aliphatic rings. The van der Waals surface area contributed by atoms with E-state index in [1.54, 1.807) is 0 Å². The lowest BCUT2D eigenvalue weighted by Gasteiger charge is -2.16. The number of aliphatic carboxylic acids is 1. The highest BCUT2D eigenvalue weighted by atomic mass is 16.4. The van der Waals surface area contributed by atoms with E-state index in [1.807, 2.05) is 13.8 Å². The molecule has 2 unspecified atom stereocenters. The van der Waals surface area contributed by atoms with Crippen molar-refractivity contribution in [2.45, 2.75) is 38.8 Å². The average molecular weight is 218 g/mol. The van der Waals surface area contributed by atoms with Crippen LogP contribution in [-0.4, -0.2) is 40.9 Å². The van der Waals surface area contributed by atoms with Crippen LogP contribution in [0.4, 0.5) is 4.79 Å². The summed E-state index contributed by atoms with van der Waals surface area (Å²) >= 11 is 0. The molecule has 2 atom stereocenters. The molecular formula is C9H18N2O4. The molecule has 88 valence electrons. The van der Waals surface area contributed by atoms with Crippen molar-refractivity contribution in [1.82, 2.24) is 10.6 Å². The number of hydrogen-bond acceptors (Lipinski definition) is 3. The van der Waals surface area contributed by atoms with Crippen LogP contribution in [0.3, 0.4) is 0 Å². The lowest BCUT2D eigenvalue weighted by atomic mass is 10.2. The highest BCUT2D eigenvalue weighted by Gasteiger charge is 2.19. The number of hydrogen-bond donors (Lipinski definition) is 4. The van der Waals surface area contributed by atoms with E-state index in [1.165, 1.54) is 0 Å². The maximum Gasteiger partial charge on any atom is 0.326 e. The number of carboxylic acid groups (broad SMARTS) is 1. The van der Waals surface area contributed by atoms with Gasteiger partial charge in [-0.3, -0.25) is 0 Å². The van der Waals surface area contributed by atoms with E-state index in [-0.39, 0.29) is 19.1 Å². The summed E-state index contributed by atoms with van der Waals surface area (Å²) in [5, 5.41) is 22.1. The van der Waals surface area contributed by atoms with Gasteiger partial charge in [-0.05, 0) is 13.3 Å². The Morgan fingerprint density at radius 1 is 1.33 bits per heavy atom. The summed E-state index contributed by atoms with van der Waals surface area (Å²) < 4.78 is 0. The Morgan fingerprint density at radius 3 is 2.33 bits per heavy atom. The first-order valence-electron chi connectivity index (χ1n) is 4.92. The molecule has 15 heavy (non-hydrogen) atoms. The molecule has 0 aromatic carbocycles. The van der Waals surface area contributed by atoms with Gasteiger partial charge in [-0.2, -0.15) is 0 Å². The van der Waals surface area contributed by atoms with Gasteiger partial charge in [-0.15, -0.1) is 0 Å². The molecule has 0 aliphatic heterocycles. The van der Waals surface area contributed by atoms with Gasteiger partial charge in [-0.1, -0.05) is 6.92 Å². The molecule has 0 saturated heterocycles. The Labute approximate surface area is 88.7 Å². The zero-order chi connectivity index (χ0) is 11.8. The fraction of sp³-hybridized carbons (Fsp3) is 0.778.